The molecular weight excluding hydrogens is 538 g/mol. The molecule has 2 unspecified atom stereocenters. The first-order valence-corrected chi connectivity index (χ1v) is 14.0. The van der Waals surface area contributed by atoms with Gasteiger partial charge in [-0.2, -0.15) is 5.26 Å². The summed E-state index contributed by atoms with van der Waals surface area (Å²) in [6.07, 6.45) is 3.10. The quantitative estimate of drug-likeness (QED) is 0.330. The lowest BCUT2D eigenvalue weighted by Gasteiger charge is -2.28. The van der Waals surface area contributed by atoms with E-state index in [1.807, 2.05) is 24.3 Å². The summed E-state index contributed by atoms with van der Waals surface area (Å²) >= 11 is 0. The van der Waals surface area contributed by atoms with Gasteiger partial charge in [0.15, 0.2) is 5.58 Å². The van der Waals surface area contributed by atoms with E-state index in [0.29, 0.717) is 71.3 Å². The number of nitrogens with zero attached hydrogens (tertiary/aromatic N) is 2. The second-order valence-electron chi connectivity index (χ2n) is 10.4. The minimum atomic E-state index is -0.749. The topological polar surface area (TPSA) is 136 Å². The molecule has 4 aromatic rings. The molecule has 42 heavy (non-hydrogen) atoms. The van der Waals surface area contributed by atoms with Crippen molar-refractivity contribution in [2.75, 3.05) is 33.5 Å². The van der Waals surface area contributed by atoms with Gasteiger partial charge >= 0.3 is 0 Å². The molecule has 6 rings (SSSR count). The van der Waals surface area contributed by atoms with Crippen molar-refractivity contribution in [1.29, 1.82) is 5.26 Å². The van der Waals surface area contributed by atoms with E-state index in [1.54, 1.807) is 30.5 Å². The number of nitriles is 1. The molecule has 2 saturated heterocycles. The minimum absolute atomic E-state index is 0.0258. The Morgan fingerprint density at radius 1 is 1.02 bits per heavy atom. The van der Waals surface area contributed by atoms with Crippen molar-refractivity contribution >= 4 is 17.0 Å². The number of aliphatic hydroxyl groups excluding tert-OH is 1. The highest BCUT2D eigenvalue weighted by Gasteiger charge is 2.26. The largest absolute Gasteiger partial charge is 0.496 e. The first-order chi connectivity index (χ1) is 20.5. The van der Waals surface area contributed by atoms with Gasteiger partial charge in [0.05, 0.1) is 50.2 Å². The van der Waals surface area contributed by atoms with Gasteiger partial charge in [0.1, 0.15) is 34.9 Å². The van der Waals surface area contributed by atoms with Gasteiger partial charge in [-0.3, -0.25) is 9.78 Å². The molecule has 1 amide bonds. The number of aromatic nitrogens is 1. The highest BCUT2D eigenvalue weighted by molar-refractivity contribution is 5.97. The van der Waals surface area contributed by atoms with E-state index in [9.17, 15) is 15.2 Å². The van der Waals surface area contributed by atoms with Crippen LogP contribution in [0.4, 0.5) is 0 Å². The number of hydrogen-bond donors (Lipinski definition) is 2. The van der Waals surface area contributed by atoms with Crippen molar-refractivity contribution in [3.63, 3.8) is 0 Å². The van der Waals surface area contributed by atoms with Crippen LogP contribution in [0.1, 0.15) is 35.2 Å². The Morgan fingerprint density at radius 3 is 2.64 bits per heavy atom. The number of nitrogens with one attached hydrogen (secondary N) is 1. The molecule has 0 spiro atoms. The summed E-state index contributed by atoms with van der Waals surface area (Å²) in [6.45, 7) is 1.99. The Kier molecular flexibility index (Phi) is 8.06. The number of hydrogen-bond acceptors (Lipinski definition) is 9. The van der Waals surface area contributed by atoms with Gasteiger partial charge in [-0.15, -0.1) is 0 Å². The van der Waals surface area contributed by atoms with Crippen LogP contribution in [-0.2, 0) is 9.47 Å². The average Bonchev–Trinajstić information content (AvgIpc) is 3.47. The third-order valence-corrected chi connectivity index (χ3v) is 7.66. The number of carbonyl (C=O) groups excluding carboxylic acids is 1. The smallest absolute Gasteiger partial charge is 0.251 e. The third kappa shape index (κ3) is 5.67. The summed E-state index contributed by atoms with van der Waals surface area (Å²) in [6, 6.07) is 16.2. The molecule has 2 aromatic heterocycles. The number of amides is 1. The van der Waals surface area contributed by atoms with Crippen molar-refractivity contribution in [1.82, 2.24) is 10.3 Å². The van der Waals surface area contributed by atoms with Crippen LogP contribution >= 0.6 is 0 Å². The number of benzene rings is 2. The summed E-state index contributed by atoms with van der Waals surface area (Å²) in [5.74, 6) is 1.22. The van der Waals surface area contributed by atoms with Crippen molar-refractivity contribution < 1.29 is 33.3 Å². The number of carbonyl (C=O) groups is 1. The number of methoxy groups -OCH3 is 1. The standard InChI is InChI=1S/C32H31N3O7/c1-38-29-15-20(32(37)35-25-9-13-40-18-27(25)36)2-4-24(29)30-16-26-31(42-30)23(6-10-34-26)19-3-5-28(21(14-19)17-33)41-22-7-11-39-12-8-22/h2-6,10,14-16,22,25,27,36H,7-9,11-13,18H2,1H3,(H,35,37). The van der Waals surface area contributed by atoms with Crippen LogP contribution in [0.25, 0.3) is 33.6 Å². The van der Waals surface area contributed by atoms with E-state index >= 15 is 0 Å². The zero-order valence-electron chi connectivity index (χ0n) is 23.2. The van der Waals surface area contributed by atoms with Gasteiger partial charge in [0, 0.05) is 42.8 Å². The van der Waals surface area contributed by atoms with Crippen LogP contribution < -0.4 is 14.8 Å². The van der Waals surface area contributed by atoms with Gasteiger partial charge in [0.25, 0.3) is 5.91 Å². The SMILES string of the molecule is COc1cc(C(=O)NC2CCOCC2O)ccc1-c1cc2nccc(-c3ccc(OC4CCOCC4)c(C#N)c3)c2o1. The van der Waals surface area contributed by atoms with Crippen LogP contribution in [0.2, 0.25) is 0 Å². The fourth-order valence-corrected chi connectivity index (χ4v) is 5.34. The molecule has 2 aliphatic rings. The van der Waals surface area contributed by atoms with E-state index in [0.717, 1.165) is 24.0 Å². The lowest BCUT2D eigenvalue weighted by atomic mass is 10.0. The normalized spacial score (nSPS) is 19.3. The molecule has 10 heteroatoms. The number of pyridine rings is 1. The number of rotatable bonds is 7. The van der Waals surface area contributed by atoms with Crippen molar-refractivity contribution in [2.45, 2.75) is 37.5 Å². The summed E-state index contributed by atoms with van der Waals surface area (Å²) in [4.78, 5) is 17.4. The monoisotopic (exact) mass is 569 g/mol. The van der Waals surface area contributed by atoms with E-state index in [-0.39, 0.29) is 24.7 Å². The molecule has 216 valence electrons. The number of aliphatic hydroxyl groups is 1. The molecule has 10 nitrogen and oxygen atoms in total. The molecule has 2 aliphatic heterocycles. The molecule has 2 N–H and O–H groups in total. The first kappa shape index (κ1) is 27.7. The van der Waals surface area contributed by atoms with E-state index in [1.165, 1.54) is 7.11 Å². The van der Waals surface area contributed by atoms with Crippen molar-refractivity contribution in [2.24, 2.45) is 0 Å². The molecule has 0 aliphatic carbocycles. The molecular formula is C32H31N3O7. The van der Waals surface area contributed by atoms with Crippen molar-refractivity contribution in [3.05, 3.63) is 65.9 Å². The lowest BCUT2D eigenvalue weighted by Crippen LogP contribution is -2.48. The minimum Gasteiger partial charge on any atom is -0.496 e. The Morgan fingerprint density at radius 2 is 1.86 bits per heavy atom. The maximum absolute atomic E-state index is 12.9. The Hall–Kier alpha value is -4.43. The highest BCUT2D eigenvalue weighted by Crippen LogP contribution is 2.38. The van der Waals surface area contributed by atoms with E-state index < -0.39 is 6.10 Å². The third-order valence-electron chi connectivity index (χ3n) is 7.66. The Balaban J connectivity index is 1.28. The predicted octanol–water partition coefficient (Wildman–Crippen LogP) is 4.48. The number of ether oxygens (including phenoxy) is 4. The molecule has 2 aromatic carbocycles. The second kappa shape index (κ2) is 12.2. The molecule has 0 radical (unpaired) electrons. The number of furan rings is 1. The van der Waals surface area contributed by atoms with Gasteiger partial charge in [-0.1, -0.05) is 6.07 Å². The Bertz CT molecular complexity index is 1640. The zero-order chi connectivity index (χ0) is 29.1. The summed E-state index contributed by atoms with van der Waals surface area (Å²) < 4.78 is 28.7. The summed E-state index contributed by atoms with van der Waals surface area (Å²) in [5, 5.41) is 22.9. The first-order valence-electron chi connectivity index (χ1n) is 14.0. The van der Waals surface area contributed by atoms with Gasteiger partial charge < -0.3 is 33.8 Å². The summed E-state index contributed by atoms with van der Waals surface area (Å²) in [7, 11) is 1.53. The number of fused-ring (bicyclic) bond motifs is 1. The van der Waals surface area contributed by atoms with Crippen LogP contribution in [0, 0.1) is 11.3 Å². The molecule has 0 bridgehead atoms. The van der Waals surface area contributed by atoms with E-state index in [4.69, 9.17) is 23.4 Å². The molecule has 0 saturated carbocycles. The van der Waals surface area contributed by atoms with Crippen LogP contribution in [0.3, 0.4) is 0 Å². The Labute approximate surface area is 242 Å². The second-order valence-corrected chi connectivity index (χ2v) is 10.4. The maximum atomic E-state index is 12.9. The van der Waals surface area contributed by atoms with Gasteiger partial charge in [-0.05, 0) is 48.4 Å². The fraction of sp³-hybridized carbons (Fsp3) is 0.344. The van der Waals surface area contributed by atoms with Crippen molar-refractivity contribution in [3.8, 4) is 40.0 Å². The zero-order valence-corrected chi connectivity index (χ0v) is 23.2. The molecule has 2 fully saturated rings. The maximum Gasteiger partial charge on any atom is 0.251 e. The highest BCUT2D eigenvalue weighted by atomic mass is 16.5. The fourth-order valence-electron chi connectivity index (χ4n) is 5.34. The van der Waals surface area contributed by atoms with Gasteiger partial charge in [0.2, 0.25) is 0 Å². The van der Waals surface area contributed by atoms with Gasteiger partial charge in [-0.25, -0.2) is 0 Å². The molecule has 2 atom stereocenters. The lowest BCUT2D eigenvalue weighted by molar-refractivity contribution is -0.0260. The van der Waals surface area contributed by atoms with Crippen LogP contribution in [0.5, 0.6) is 11.5 Å². The molecule has 4 heterocycles. The average molecular weight is 570 g/mol. The van der Waals surface area contributed by atoms with Crippen LogP contribution in [0.15, 0.2) is 59.1 Å². The van der Waals surface area contributed by atoms with Crippen LogP contribution in [-0.4, -0.2) is 67.8 Å². The summed E-state index contributed by atoms with van der Waals surface area (Å²) in [5.41, 5.74) is 4.28. The predicted molar refractivity (Wildman–Crippen MR) is 153 cm³/mol. The van der Waals surface area contributed by atoms with E-state index in [2.05, 4.69) is 16.4 Å².